The third-order valence-corrected chi connectivity index (χ3v) is 10.5. The van der Waals surface area contributed by atoms with Crippen LogP contribution in [-0.2, 0) is 14.3 Å². The fourth-order valence-corrected chi connectivity index (χ4v) is 8.84. The highest BCUT2D eigenvalue weighted by molar-refractivity contribution is 7.80. The van der Waals surface area contributed by atoms with Crippen LogP contribution in [0.1, 0.15) is 53.9 Å². The summed E-state index contributed by atoms with van der Waals surface area (Å²) in [4.78, 5) is 11.1. The van der Waals surface area contributed by atoms with Crippen molar-refractivity contribution < 1.29 is 28.9 Å². The lowest BCUT2D eigenvalue weighted by Crippen LogP contribution is -2.70. The van der Waals surface area contributed by atoms with Crippen molar-refractivity contribution in [3.8, 4) is 0 Å². The van der Waals surface area contributed by atoms with Crippen molar-refractivity contribution in [1.82, 2.24) is 0 Å². The Hall–Kier alpha value is -0.860. The van der Waals surface area contributed by atoms with Crippen molar-refractivity contribution in [2.75, 3.05) is 0 Å². The van der Waals surface area contributed by atoms with E-state index in [4.69, 9.17) is 33.3 Å². The molecule has 3 saturated carbocycles. The lowest BCUT2D eigenvalue weighted by molar-refractivity contribution is -0.209. The lowest BCUT2D eigenvalue weighted by Gasteiger charge is -2.64. The van der Waals surface area contributed by atoms with Gasteiger partial charge in [-0.2, -0.15) is 0 Å². The second-order valence-corrected chi connectivity index (χ2v) is 12.2. The van der Waals surface area contributed by atoms with Crippen LogP contribution in [0.4, 0.5) is 4.39 Å². The number of thiocarbonyl (C=S) groups is 1. The summed E-state index contributed by atoms with van der Waals surface area (Å²) in [6, 6.07) is 0. The Kier molecular flexibility index (Phi) is 4.60. The van der Waals surface area contributed by atoms with Crippen LogP contribution in [0, 0.1) is 22.7 Å². The molecule has 0 aromatic heterocycles. The van der Waals surface area contributed by atoms with E-state index in [-0.39, 0.29) is 29.6 Å². The van der Waals surface area contributed by atoms with Gasteiger partial charge in [-0.15, -0.1) is 11.6 Å². The van der Waals surface area contributed by atoms with Gasteiger partial charge in [-0.25, -0.2) is 4.39 Å². The smallest absolute Gasteiger partial charge is 0.193 e. The Balaban J connectivity index is 1.67. The molecule has 4 fully saturated rings. The van der Waals surface area contributed by atoms with Gasteiger partial charge in [0.05, 0.1) is 17.1 Å². The van der Waals surface area contributed by atoms with Gasteiger partial charge in [-0.3, -0.25) is 4.79 Å². The van der Waals surface area contributed by atoms with E-state index in [1.165, 1.54) is 6.08 Å². The first-order valence-electron chi connectivity index (χ1n) is 11.2. The Morgan fingerprint density at radius 1 is 1.25 bits per heavy atom. The third kappa shape index (κ3) is 2.40. The zero-order valence-electron chi connectivity index (χ0n) is 18.9. The molecule has 5 nitrogen and oxygen atoms in total. The van der Waals surface area contributed by atoms with E-state index < -0.39 is 51.4 Å². The summed E-state index contributed by atoms with van der Waals surface area (Å²) in [5.74, 6) is -1.83. The largest absolute Gasteiger partial charge is 0.500 e. The second-order valence-electron chi connectivity index (χ2n) is 11.2. The highest BCUT2D eigenvalue weighted by atomic mass is 35.5. The molecule has 2 N–H and O–H groups in total. The number of allylic oxidation sites excluding steroid dienone is 4. The van der Waals surface area contributed by atoms with Crippen molar-refractivity contribution in [1.29, 1.82) is 0 Å². The molecule has 1 saturated heterocycles. The Bertz CT molecular complexity index is 995. The molecule has 0 bridgehead atoms. The second kappa shape index (κ2) is 6.42. The van der Waals surface area contributed by atoms with Crippen LogP contribution in [0.15, 0.2) is 23.3 Å². The standard InChI is InChI=1S/C24H30ClFO5S/c1-11-9-21(4)14(7-16(11)27)15(26)6-13-12-8-18-24(19(29)32,31-20(2,3)30-18)22(12,5)10-17(28)23(13,21)25/h7,9,12-13,15,17-18,28H,6,8,10H2,1-5H3,(H,29,32)/t12-,13-,15-,17-,18+,21-,22-,23-,24-/m0/s1. The minimum Gasteiger partial charge on any atom is -0.500 e. The van der Waals surface area contributed by atoms with Crippen molar-refractivity contribution in [3.63, 3.8) is 0 Å². The molecular formula is C24H30ClFO5S. The van der Waals surface area contributed by atoms with Gasteiger partial charge in [0.2, 0.25) is 0 Å². The number of hydrogen-bond donors (Lipinski definition) is 2. The Morgan fingerprint density at radius 3 is 2.53 bits per heavy atom. The minimum absolute atomic E-state index is 0.0762. The van der Waals surface area contributed by atoms with E-state index >= 15 is 4.39 Å². The maximum absolute atomic E-state index is 15.7. The SMILES string of the molecule is CC1=C[C@@]2(C)C(=CC1=O)[C@@H](F)C[C@H]1[C@@H]3C[C@H]4OC(C)(C)O[C@@]4(C(O)=S)[C@@]3(C)C[C@H](O)[C@@]12Cl. The molecular weight excluding hydrogens is 455 g/mol. The number of carbonyl (C=O) groups excluding carboxylic acids is 1. The summed E-state index contributed by atoms with van der Waals surface area (Å²) >= 11 is 12.7. The lowest BCUT2D eigenvalue weighted by atomic mass is 9.45. The third-order valence-electron chi connectivity index (χ3n) is 9.24. The van der Waals surface area contributed by atoms with Gasteiger partial charge < -0.3 is 19.7 Å². The number of alkyl halides is 2. The van der Waals surface area contributed by atoms with E-state index in [1.54, 1.807) is 26.8 Å². The molecule has 1 aliphatic heterocycles. The van der Waals surface area contributed by atoms with E-state index in [1.807, 2.05) is 13.8 Å². The van der Waals surface area contributed by atoms with Crippen LogP contribution >= 0.6 is 23.8 Å². The average Bonchev–Trinajstić information content (AvgIpc) is 3.07. The number of ether oxygens (including phenoxy) is 2. The summed E-state index contributed by atoms with van der Waals surface area (Å²) in [6.45, 7) is 9.01. The molecule has 8 heteroatoms. The average molecular weight is 485 g/mol. The first kappa shape index (κ1) is 22.9. The van der Waals surface area contributed by atoms with Crippen LogP contribution in [-0.4, -0.2) is 55.7 Å². The number of aliphatic hydroxyl groups excluding tert-OH is 2. The molecule has 4 aliphatic carbocycles. The quantitative estimate of drug-likeness (QED) is 0.425. The molecule has 1 heterocycles. The van der Waals surface area contributed by atoms with Crippen molar-refractivity contribution in [2.45, 2.75) is 88.5 Å². The van der Waals surface area contributed by atoms with Crippen LogP contribution < -0.4 is 0 Å². The molecule has 0 aromatic carbocycles. The number of fused-ring (bicyclic) bond motifs is 7. The van der Waals surface area contributed by atoms with Crippen molar-refractivity contribution in [2.24, 2.45) is 22.7 Å². The molecule has 0 unspecified atom stereocenters. The normalized spacial score (nSPS) is 53.5. The number of carbonyl (C=O) groups is 1. The monoisotopic (exact) mass is 484 g/mol. The van der Waals surface area contributed by atoms with E-state index in [2.05, 4.69) is 0 Å². The Morgan fingerprint density at radius 2 is 1.91 bits per heavy atom. The maximum Gasteiger partial charge on any atom is 0.193 e. The first-order valence-corrected chi connectivity index (χ1v) is 12.0. The van der Waals surface area contributed by atoms with E-state index in [9.17, 15) is 15.0 Å². The molecule has 0 aromatic rings. The van der Waals surface area contributed by atoms with E-state index in [0.717, 1.165) is 0 Å². The van der Waals surface area contributed by atoms with Gasteiger partial charge in [-0.05, 0) is 81.3 Å². The molecule has 5 aliphatic rings. The minimum atomic E-state index is -1.37. The predicted molar refractivity (Wildman–Crippen MR) is 121 cm³/mol. The molecule has 0 amide bonds. The number of hydrogen-bond acceptors (Lipinski definition) is 5. The van der Waals surface area contributed by atoms with Gasteiger partial charge >= 0.3 is 0 Å². The summed E-state index contributed by atoms with van der Waals surface area (Å²) in [7, 11) is 0. The first-order chi connectivity index (χ1) is 14.6. The molecule has 0 radical (unpaired) electrons. The summed E-state index contributed by atoms with van der Waals surface area (Å²) in [6.07, 6.45) is 0.923. The van der Waals surface area contributed by atoms with Gasteiger partial charge in [0.15, 0.2) is 22.2 Å². The maximum atomic E-state index is 15.7. The van der Waals surface area contributed by atoms with Crippen molar-refractivity contribution >= 4 is 34.7 Å². The summed E-state index contributed by atoms with van der Waals surface area (Å²) < 4.78 is 28.1. The number of rotatable bonds is 1. The summed E-state index contributed by atoms with van der Waals surface area (Å²) in [5, 5.41) is 22.1. The van der Waals surface area contributed by atoms with Crippen LogP contribution in [0.2, 0.25) is 0 Å². The van der Waals surface area contributed by atoms with Crippen LogP contribution in [0.5, 0.6) is 0 Å². The summed E-state index contributed by atoms with van der Waals surface area (Å²) in [5.41, 5.74) is -2.29. The number of halogens is 2. The fourth-order valence-electron chi connectivity index (χ4n) is 7.95. The molecule has 32 heavy (non-hydrogen) atoms. The highest BCUT2D eigenvalue weighted by Gasteiger charge is 2.79. The van der Waals surface area contributed by atoms with Gasteiger partial charge in [0.1, 0.15) is 6.17 Å². The van der Waals surface area contributed by atoms with Crippen LogP contribution in [0.3, 0.4) is 0 Å². The topological polar surface area (TPSA) is 76.0 Å². The molecule has 9 atom stereocenters. The van der Waals surface area contributed by atoms with Gasteiger partial charge in [0.25, 0.3) is 0 Å². The Labute approximate surface area is 198 Å². The van der Waals surface area contributed by atoms with Gasteiger partial charge in [0, 0.05) is 10.8 Å². The van der Waals surface area contributed by atoms with E-state index in [0.29, 0.717) is 17.6 Å². The number of aliphatic hydroxyl groups is 2. The predicted octanol–water partition coefficient (Wildman–Crippen LogP) is 4.35. The molecule has 5 rings (SSSR count). The van der Waals surface area contributed by atoms with Crippen molar-refractivity contribution in [3.05, 3.63) is 23.3 Å². The zero-order valence-corrected chi connectivity index (χ0v) is 20.5. The molecule has 0 spiro atoms. The highest BCUT2D eigenvalue weighted by Crippen LogP contribution is 2.73. The zero-order chi connectivity index (χ0) is 23.6. The number of ketones is 1. The van der Waals surface area contributed by atoms with Crippen LogP contribution in [0.25, 0.3) is 0 Å². The van der Waals surface area contributed by atoms with Gasteiger partial charge in [-0.1, -0.05) is 19.9 Å². The molecule has 176 valence electrons. The fraction of sp³-hybridized carbons (Fsp3) is 0.750.